The van der Waals surface area contributed by atoms with Gasteiger partial charge in [0, 0.05) is 33.8 Å². The van der Waals surface area contributed by atoms with Crippen molar-refractivity contribution in [3.05, 3.63) is 32.4 Å². The van der Waals surface area contributed by atoms with E-state index in [9.17, 15) is 4.79 Å². The monoisotopic (exact) mass is 404 g/mol. The number of nitrogens with one attached hydrogen (secondary N) is 1. The summed E-state index contributed by atoms with van der Waals surface area (Å²) in [5.74, 6) is 1.23. The van der Waals surface area contributed by atoms with Crippen LogP contribution in [-0.2, 0) is 0 Å². The van der Waals surface area contributed by atoms with Crippen LogP contribution in [0.4, 0.5) is 0 Å². The van der Waals surface area contributed by atoms with Gasteiger partial charge in [-0.05, 0) is 66.5 Å². The standard InChI is InChI=1S/C15H18ClIN2O/c1-15(2)12-7-18-6-9(12)8-19(15)14(20)11-5-10(16)3-4-13(11)17/h3-5,9,12,18H,6-8H2,1-2H3. The number of fused-ring (bicyclic) bond motifs is 1. The largest absolute Gasteiger partial charge is 0.333 e. The highest BCUT2D eigenvalue weighted by molar-refractivity contribution is 14.1. The first-order chi connectivity index (χ1) is 9.41. The first-order valence-electron chi connectivity index (χ1n) is 6.89. The number of nitrogens with zero attached hydrogens (tertiary/aromatic N) is 1. The van der Waals surface area contributed by atoms with Gasteiger partial charge in [0.15, 0.2) is 0 Å². The Labute approximate surface area is 138 Å². The van der Waals surface area contributed by atoms with E-state index in [0.717, 1.165) is 28.8 Å². The minimum absolute atomic E-state index is 0.101. The predicted octanol–water partition coefficient (Wildman–Crippen LogP) is 3.01. The highest BCUT2D eigenvalue weighted by Crippen LogP contribution is 2.41. The van der Waals surface area contributed by atoms with Gasteiger partial charge in [-0.3, -0.25) is 4.79 Å². The summed E-state index contributed by atoms with van der Waals surface area (Å²) in [5, 5.41) is 4.06. The van der Waals surface area contributed by atoms with E-state index in [1.165, 1.54) is 0 Å². The number of carbonyl (C=O) groups excluding carboxylic acids is 1. The van der Waals surface area contributed by atoms with E-state index < -0.39 is 0 Å². The van der Waals surface area contributed by atoms with E-state index in [1.807, 2.05) is 17.0 Å². The van der Waals surface area contributed by atoms with Crippen LogP contribution < -0.4 is 5.32 Å². The molecule has 2 unspecified atom stereocenters. The lowest BCUT2D eigenvalue weighted by Gasteiger charge is -2.36. The molecule has 1 N–H and O–H groups in total. The van der Waals surface area contributed by atoms with Crippen molar-refractivity contribution in [3.8, 4) is 0 Å². The Morgan fingerprint density at radius 1 is 1.45 bits per heavy atom. The van der Waals surface area contributed by atoms with Crippen LogP contribution in [0.3, 0.4) is 0 Å². The van der Waals surface area contributed by atoms with Crippen LogP contribution in [0.5, 0.6) is 0 Å². The summed E-state index contributed by atoms with van der Waals surface area (Å²) >= 11 is 8.26. The summed E-state index contributed by atoms with van der Waals surface area (Å²) in [6, 6.07) is 5.52. The Morgan fingerprint density at radius 3 is 2.90 bits per heavy atom. The summed E-state index contributed by atoms with van der Waals surface area (Å²) in [4.78, 5) is 14.9. The maximum absolute atomic E-state index is 12.9. The molecule has 2 aliphatic heterocycles. The minimum Gasteiger partial charge on any atom is -0.333 e. The van der Waals surface area contributed by atoms with E-state index in [2.05, 4.69) is 41.8 Å². The zero-order chi connectivity index (χ0) is 14.5. The topological polar surface area (TPSA) is 32.3 Å². The fourth-order valence-corrected chi connectivity index (χ4v) is 4.31. The van der Waals surface area contributed by atoms with Crippen LogP contribution in [0.1, 0.15) is 24.2 Å². The third kappa shape index (κ3) is 2.25. The van der Waals surface area contributed by atoms with Crippen molar-refractivity contribution in [1.82, 2.24) is 10.2 Å². The third-order valence-corrected chi connectivity index (χ3v) is 5.94. The SMILES string of the molecule is CC1(C)C2CNCC2CN1C(=O)c1cc(Cl)ccc1I. The van der Waals surface area contributed by atoms with E-state index in [-0.39, 0.29) is 11.4 Å². The number of hydrogen-bond donors (Lipinski definition) is 1. The molecule has 0 aliphatic carbocycles. The first-order valence-corrected chi connectivity index (χ1v) is 8.34. The van der Waals surface area contributed by atoms with Gasteiger partial charge in [0.05, 0.1) is 5.56 Å². The molecule has 0 radical (unpaired) electrons. The van der Waals surface area contributed by atoms with Gasteiger partial charge in [-0.1, -0.05) is 11.6 Å². The van der Waals surface area contributed by atoms with Crippen molar-refractivity contribution in [3.63, 3.8) is 0 Å². The van der Waals surface area contributed by atoms with Gasteiger partial charge in [0.25, 0.3) is 5.91 Å². The normalized spacial score (nSPS) is 27.7. The van der Waals surface area contributed by atoms with Crippen LogP contribution >= 0.6 is 34.2 Å². The molecular weight excluding hydrogens is 387 g/mol. The van der Waals surface area contributed by atoms with Gasteiger partial charge in [-0.25, -0.2) is 0 Å². The molecule has 2 aliphatic rings. The molecule has 108 valence electrons. The van der Waals surface area contributed by atoms with Gasteiger partial charge >= 0.3 is 0 Å². The zero-order valence-electron chi connectivity index (χ0n) is 11.6. The molecule has 0 aromatic heterocycles. The van der Waals surface area contributed by atoms with Crippen molar-refractivity contribution >= 4 is 40.1 Å². The number of halogens is 2. The van der Waals surface area contributed by atoms with Crippen molar-refractivity contribution < 1.29 is 4.79 Å². The fourth-order valence-electron chi connectivity index (χ4n) is 3.57. The molecule has 0 bridgehead atoms. The predicted molar refractivity (Wildman–Crippen MR) is 89.1 cm³/mol. The smallest absolute Gasteiger partial charge is 0.255 e. The molecule has 3 nitrogen and oxygen atoms in total. The van der Waals surface area contributed by atoms with Gasteiger partial charge in [-0.2, -0.15) is 0 Å². The zero-order valence-corrected chi connectivity index (χ0v) is 14.5. The quantitative estimate of drug-likeness (QED) is 0.730. The van der Waals surface area contributed by atoms with Crippen LogP contribution in [0.2, 0.25) is 5.02 Å². The maximum Gasteiger partial charge on any atom is 0.255 e. The minimum atomic E-state index is -0.101. The van der Waals surface area contributed by atoms with Crippen molar-refractivity contribution in [2.24, 2.45) is 11.8 Å². The Kier molecular flexibility index (Phi) is 3.75. The number of carbonyl (C=O) groups is 1. The van der Waals surface area contributed by atoms with Crippen LogP contribution in [0.25, 0.3) is 0 Å². The number of likely N-dealkylation sites (tertiary alicyclic amines) is 1. The van der Waals surface area contributed by atoms with Crippen LogP contribution in [0.15, 0.2) is 18.2 Å². The fraction of sp³-hybridized carbons (Fsp3) is 0.533. The van der Waals surface area contributed by atoms with Gasteiger partial charge in [0.1, 0.15) is 0 Å². The van der Waals surface area contributed by atoms with E-state index in [1.54, 1.807) is 6.07 Å². The Bertz CT molecular complexity index is 561. The van der Waals surface area contributed by atoms with E-state index >= 15 is 0 Å². The summed E-state index contributed by atoms with van der Waals surface area (Å²) in [5.41, 5.74) is 0.621. The lowest BCUT2D eigenvalue weighted by atomic mass is 9.84. The molecule has 1 aromatic carbocycles. The molecule has 0 spiro atoms. The highest BCUT2D eigenvalue weighted by Gasteiger charge is 2.51. The Hall–Kier alpha value is -0.330. The first kappa shape index (κ1) is 14.6. The second-order valence-corrected chi connectivity index (χ2v) is 7.82. The number of benzene rings is 1. The summed E-state index contributed by atoms with van der Waals surface area (Å²) in [6.45, 7) is 7.23. The molecule has 2 atom stereocenters. The van der Waals surface area contributed by atoms with Crippen LogP contribution in [-0.4, -0.2) is 36.0 Å². The highest BCUT2D eigenvalue weighted by atomic mass is 127. The second kappa shape index (κ2) is 5.14. The Morgan fingerprint density at radius 2 is 2.20 bits per heavy atom. The summed E-state index contributed by atoms with van der Waals surface area (Å²) < 4.78 is 0.961. The molecule has 1 amide bonds. The summed E-state index contributed by atoms with van der Waals surface area (Å²) in [6.07, 6.45) is 0. The van der Waals surface area contributed by atoms with Crippen molar-refractivity contribution in [2.75, 3.05) is 19.6 Å². The number of amides is 1. The average molecular weight is 405 g/mol. The lowest BCUT2D eigenvalue weighted by molar-refractivity contribution is 0.0602. The molecule has 3 rings (SSSR count). The number of rotatable bonds is 1. The molecule has 5 heteroatoms. The molecule has 2 heterocycles. The molecule has 2 fully saturated rings. The third-order valence-electron chi connectivity index (χ3n) is 4.76. The summed E-state index contributed by atoms with van der Waals surface area (Å²) in [7, 11) is 0. The van der Waals surface area contributed by atoms with Crippen molar-refractivity contribution in [1.29, 1.82) is 0 Å². The number of hydrogen-bond acceptors (Lipinski definition) is 2. The molecule has 0 saturated carbocycles. The van der Waals surface area contributed by atoms with E-state index in [4.69, 9.17) is 11.6 Å². The van der Waals surface area contributed by atoms with Crippen molar-refractivity contribution in [2.45, 2.75) is 19.4 Å². The van der Waals surface area contributed by atoms with Crippen LogP contribution in [0, 0.1) is 15.4 Å². The molecule has 20 heavy (non-hydrogen) atoms. The second-order valence-electron chi connectivity index (χ2n) is 6.22. The lowest BCUT2D eigenvalue weighted by Crippen LogP contribution is -2.47. The van der Waals surface area contributed by atoms with Gasteiger partial charge in [-0.15, -0.1) is 0 Å². The average Bonchev–Trinajstić information content (AvgIpc) is 2.94. The molecule has 2 saturated heterocycles. The molecule has 1 aromatic rings. The van der Waals surface area contributed by atoms with E-state index in [0.29, 0.717) is 16.9 Å². The molecular formula is C15H18ClIN2O. The van der Waals surface area contributed by atoms with Gasteiger partial charge in [0.2, 0.25) is 0 Å². The van der Waals surface area contributed by atoms with Gasteiger partial charge < -0.3 is 10.2 Å². The Balaban J connectivity index is 1.93. The maximum atomic E-state index is 12.9.